The second-order valence-corrected chi connectivity index (χ2v) is 12.2. The number of nitrogens with zero attached hydrogens (tertiary/aromatic N) is 2. The number of aliphatic hydroxyl groups excluding tert-OH is 1. The summed E-state index contributed by atoms with van der Waals surface area (Å²) in [5.74, 6) is -4.03. The number of likely N-dealkylation sites (N-methyl/N-ethyl adjacent to an activating group) is 2. The van der Waals surface area contributed by atoms with Crippen molar-refractivity contribution in [3.63, 3.8) is 0 Å². The normalized spacial score (nSPS) is 24.8. The van der Waals surface area contributed by atoms with Gasteiger partial charge < -0.3 is 42.4 Å². The molecule has 9 N–H and O–H groups in total. The van der Waals surface area contributed by atoms with E-state index in [0.717, 1.165) is 0 Å². The van der Waals surface area contributed by atoms with Gasteiger partial charge in [0.05, 0.1) is 23.0 Å². The quantitative estimate of drug-likeness (QED) is 0.240. The van der Waals surface area contributed by atoms with Gasteiger partial charge in [-0.3, -0.25) is 19.3 Å². The highest BCUT2D eigenvalue weighted by molar-refractivity contribution is 6.26. The number of benzene rings is 2. The number of ketones is 1. The van der Waals surface area contributed by atoms with Crippen LogP contribution < -0.4 is 16.8 Å². The van der Waals surface area contributed by atoms with Crippen LogP contribution in [-0.4, -0.2) is 101 Å². The van der Waals surface area contributed by atoms with Crippen molar-refractivity contribution in [2.75, 3.05) is 41.3 Å². The van der Waals surface area contributed by atoms with Crippen LogP contribution in [0.4, 0.5) is 0 Å². The fraction of sp³-hybridized carbons (Fsp3) is 0.375. The molecule has 2 amide bonds. The molecule has 2 aromatic carbocycles. The minimum atomic E-state index is -2.26. The molecule has 5 rings (SSSR count). The summed E-state index contributed by atoms with van der Waals surface area (Å²) in [5, 5.41) is 45.6. The van der Waals surface area contributed by atoms with Crippen molar-refractivity contribution in [1.29, 1.82) is 5.41 Å². The van der Waals surface area contributed by atoms with Crippen LogP contribution in [-0.2, 0) is 11.2 Å². The van der Waals surface area contributed by atoms with E-state index in [1.54, 1.807) is 43.3 Å². The molecule has 0 spiro atoms. The summed E-state index contributed by atoms with van der Waals surface area (Å²) in [6.07, 6.45) is 0.399. The fourth-order valence-corrected chi connectivity index (χ4v) is 6.98. The van der Waals surface area contributed by atoms with Crippen LogP contribution in [0.3, 0.4) is 0 Å². The van der Waals surface area contributed by atoms with Crippen molar-refractivity contribution >= 4 is 23.3 Å². The summed E-state index contributed by atoms with van der Waals surface area (Å²) >= 11 is 0. The van der Waals surface area contributed by atoms with Crippen molar-refractivity contribution < 1.29 is 29.7 Å². The maximum atomic E-state index is 14.1. The summed E-state index contributed by atoms with van der Waals surface area (Å²) in [5.41, 5.74) is 10.8. The van der Waals surface area contributed by atoms with Gasteiger partial charge in [0.25, 0.3) is 11.8 Å². The number of hydrogen-bond acceptors (Lipinski definition) is 10. The first-order chi connectivity index (χ1) is 20.7. The third-order valence-electron chi connectivity index (χ3n) is 9.03. The number of nitrogens with two attached hydrogens (primary N) is 2. The van der Waals surface area contributed by atoms with Crippen LogP contribution >= 0.6 is 0 Å². The Kier molecular flexibility index (Phi) is 7.87. The maximum absolute atomic E-state index is 14.1. The Labute approximate surface area is 255 Å². The van der Waals surface area contributed by atoms with Crippen molar-refractivity contribution in [2.24, 2.45) is 23.3 Å². The standard InChI is InChI=1S/C32H38N6O6/c1-37(2)11-10-36-31(43)16-7-5-6-15(12-16)18-8-9-21(39)23-19(18)13-17-14-20-25(38(3)4)27(41)24(30(35)42)29(34)32(20,44)28(33)22(17)26(23)40/h5-9,12,17,20,25,34,39,41,44H,10-11,13-14,33H2,1-4H3,(H2,35,42)(H,36,43)/t17?,20?,25-,32+/m1/s1. The van der Waals surface area contributed by atoms with Crippen LogP contribution in [0.25, 0.3) is 11.1 Å². The molecule has 3 aliphatic rings. The number of Topliss-reactive ketones (excluding diaryl/α,β-unsaturated/α-hetero) is 1. The minimum absolute atomic E-state index is 0.0274. The van der Waals surface area contributed by atoms with Crippen molar-refractivity contribution in [2.45, 2.75) is 24.5 Å². The number of primary amides is 1. The molecule has 0 heterocycles. The smallest absolute Gasteiger partial charge is 0.254 e. The maximum Gasteiger partial charge on any atom is 0.254 e. The second-order valence-electron chi connectivity index (χ2n) is 12.2. The topological polar surface area (TPSA) is 206 Å². The van der Waals surface area contributed by atoms with Gasteiger partial charge in [-0.1, -0.05) is 18.2 Å². The number of fused-ring (bicyclic) bond motifs is 3. The lowest BCUT2D eigenvalue weighted by atomic mass is 9.57. The van der Waals surface area contributed by atoms with Crippen LogP contribution in [0.1, 0.15) is 32.7 Å². The van der Waals surface area contributed by atoms with Gasteiger partial charge in [-0.25, -0.2) is 0 Å². The van der Waals surface area contributed by atoms with Gasteiger partial charge in [-0.15, -0.1) is 0 Å². The summed E-state index contributed by atoms with van der Waals surface area (Å²) in [6.45, 7) is 1.16. The Morgan fingerprint density at radius 3 is 2.48 bits per heavy atom. The van der Waals surface area contributed by atoms with Gasteiger partial charge in [-0.05, 0) is 81.8 Å². The molecule has 4 atom stereocenters. The Hall–Kier alpha value is -4.52. The number of carbonyl (C=O) groups excluding carboxylic acids is 3. The van der Waals surface area contributed by atoms with Crippen LogP contribution in [0.2, 0.25) is 0 Å². The Bertz CT molecular complexity index is 1660. The van der Waals surface area contributed by atoms with Crippen LogP contribution in [0.15, 0.2) is 59.0 Å². The number of phenolic OH excluding ortho intramolecular Hbond substituents is 1. The Balaban J connectivity index is 1.60. The van der Waals surface area contributed by atoms with Crippen molar-refractivity contribution in [3.8, 4) is 16.9 Å². The Morgan fingerprint density at radius 2 is 1.84 bits per heavy atom. The number of aromatic hydroxyl groups is 1. The number of rotatable bonds is 7. The first kappa shape index (κ1) is 30.9. The van der Waals surface area contributed by atoms with Crippen LogP contribution in [0.5, 0.6) is 5.75 Å². The SMILES string of the molecule is CN(C)CCNC(=O)c1cccc(-c2ccc(O)c3c2CC2CC4[C@@H](N(C)C)C(O)=C(C(N)=O)C(=N)[C@@]4(O)C(N)=C2C3=O)c1. The molecule has 0 saturated carbocycles. The van der Waals surface area contributed by atoms with Gasteiger partial charge in [-0.2, -0.15) is 0 Å². The van der Waals surface area contributed by atoms with Gasteiger partial charge in [0.2, 0.25) is 0 Å². The van der Waals surface area contributed by atoms with E-state index >= 15 is 0 Å². The highest BCUT2D eigenvalue weighted by Gasteiger charge is 2.60. The molecule has 0 fully saturated rings. The number of allylic oxidation sites excluding steroid dienone is 1. The average molecular weight is 603 g/mol. The van der Waals surface area contributed by atoms with E-state index < -0.39 is 52.2 Å². The summed E-state index contributed by atoms with van der Waals surface area (Å²) in [7, 11) is 7.15. The number of amides is 2. The zero-order chi connectivity index (χ0) is 32.2. The molecular weight excluding hydrogens is 564 g/mol. The third kappa shape index (κ3) is 4.75. The second kappa shape index (κ2) is 11.2. The fourth-order valence-electron chi connectivity index (χ4n) is 6.98. The van der Waals surface area contributed by atoms with Gasteiger partial charge in [0.15, 0.2) is 11.4 Å². The molecule has 12 heteroatoms. The molecule has 44 heavy (non-hydrogen) atoms. The molecule has 0 aliphatic heterocycles. The number of nitrogens with one attached hydrogen (secondary N) is 2. The van der Waals surface area contributed by atoms with E-state index in [-0.39, 0.29) is 41.3 Å². The van der Waals surface area contributed by atoms with E-state index in [2.05, 4.69) is 5.32 Å². The predicted octanol–water partition coefficient (Wildman–Crippen LogP) is 0.930. The van der Waals surface area contributed by atoms with Gasteiger partial charge in [0.1, 0.15) is 17.1 Å². The highest BCUT2D eigenvalue weighted by Crippen LogP contribution is 2.52. The molecule has 3 aliphatic carbocycles. The van der Waals surface area contributed by atoms with E-state index in [1.807, 2.05) is 25.1 Å². The number of phenols is 1. The van der Waals surface area contributed by atoms with E-state index in [0.29, 0.717) is 35.3 Å². The molecule has 0 aromatic heterocycles. The third-order valence-corrected chi connectivity index (χ3v) is 9.03. The van der Waals surface area contributed by atoms with Crippen LogP contribution in [0, 0.1) is 17.2 Å². The summed E-state index contributed by atoms with van der Waals surface area (Å²) in [6, 6.07) is 9.21. The molecular formula is C32H38N6O6. The Morgan fingerprint density at radius 1 is 1.14 bits per heavy atom. The largest absolute Gasteiger partial charge is 0.510 e. The lowest BCUT2D eigenvalue weighted by Crippen LogP contribution is -2.65. The van der Waals surface area contributed by atoms with Crippen molar-refractivity contribution in [3.05, 3.63) is 75.7 Å². The zero-order valence-corrected chi connectivity index (χ0v) is 25.1. The average Bonchev–Trinajstić information content (AvgIpc) is 2.94. The summed E-state index contributed by atoms with van der Waals surface area (Å²) < 4.78 is 0. The lowest BCUT2D eigenvalue weighted by Gasteiger charge is -2.52. The van der Waals surface area contributed by atoms with Gasteiger partial charge >= 0.3 is 0 Å². The zero-order valence-electron chi connectivity index (χ0n) is 25.1. The number of aliphatic hydroxyl groups is 2. The number of carbonyl (C=O) groups is 3. The highest BCUT2D eigenvalue weighted by atomic mass is 16.3. The van der Waals surface area contributed by atoms with Crippen molar-refractivity contribution in [1.82, 2.24) is 15.1 Å². The number of hydrogen-bond donors (Lipinski definition) is 7. The first-order valence-electron chi connectivity index (χ1n) is 14.3. The monoisotopic (exact) mass is 602 g/mol. The molecule has 12 nitrogen and oxygen atoms in total. The minimum Gasteiger partial charge on any atom is -0.510 e. The molecule has 2 aromatic rings. The molecule has 2 unspecified atom stereocenters. The first-order valence-corrected chi connectivity index (χ1v) is 14.3. The summed E-state index contributed by atoms with van der Waals surface area (Å²) in [4.78, 5) is 42.8. The molecule has 232 valence electrons. The molecule has 0 saturated heterocycles. The van der Waals surface area contributed by atoms with E-state index in [9.17, 15) is 29.7 Å². The molecule has 0 bridgehead atoms. The molecule has 0 radical (unpaired) electrons. The van der Waals surface area contributed by atoms with Gasteiger partial charge in [0, 0.05) is 30.1 Å². The van der Waals surface area contributed by atoms with E-state index in [4.69, 9.17) is 16.9 Å². The predicted molar refractivity (Wildman–Crippen MR) is 164 cm³/mol. The van der Waals surface area contributed by atoms with E-state index in [1.165, 1.54) is 6.07 Å². The lowest BCUT2D eigenvalue weighted by molar-refractivity contribution is -0.114.